The summed E-state index contributed by atoms with van der Waals surface area (Å²) in [6.07, 6.45) is 0. The van der Waals surface area contributed by atoms with Crippen molar-refractivity contribution in [2.75, 3.05) is 0 Å². The first-order chi connectivity index (χ1) is 31.3. The van der Waals surface area contributed by atoms with Gasteiger partial charge in [-0.15, -0.1) is 0 Å². The van der Waals surface area contributed by atoms with Crippen molar-refractivity contribution in [3.63, 3.8) is 0 Å². The summed E-state index contributed by atoms with van der Waals surface area (Å²) in [6.45, 7) is 0. The first-order valence-corrected chi connectivity index (χ1v) is 19.8. The normalized spacial score (nSPS) is 13.7. The van der Waals surface area contributed by atoms with E-state index in [1.54, 1.807) is 0 Å². The van der Waals surface area contributed by atoms with Crippen LogP contribution in [0, 0.1) is 0 Å². The van der Waals surface area contributed by atoms with Gasteiger partial charge in [-0.3, -0.25) is 0 Å². The Kier molecular flexibility index (Phi) is 7.19. The summed E-state index contributed by atoms with van der Waals surface area (Å²) in [5.41, 5.74) is 13.8. The number of hydrogen-bond acceptors (Lipinski definition) is 2. The molecule has 0 N–H and O–H groups in total. The topological polar surface area (TPSA) is 25.8 Å². The van der Waals surface area contributed by atoms with Gasteiger partial charge >= 0.3 is 0 Å². The van der Waals surface area contributed by atoms with Crippen molar-refractivity contribution in [3.05, 3.63) is 253 Å². The SMILES string of the molecule is [2H]c1c([2H])c([2H])c(-c2nc(-c3ccc(-c4ccccc4)cc3)cc(-c3ccc(-c4ccc5c(c4)C(c4ccccc4)(c4ccccc4)c4ccccc4-5)c4ccccc34)n2)c([2H])c1[2H]. The molecule has 1 aliphatic rings. The van der Waals surface area contributed by atoms with Crippen LogP contribution in [0.15, 0.2) is 230 Å². The Morgan fingerprint density at radius 1 is 0.339 bits per heavy atom. The van der Waals surface area contributed by atoms with E-state index in [0.717, 1.165) is 44.2 Å². The third-order valence-electron chi connectivity index (χ3n) is 11.7. The molecule has 0 spiro atoms. The Bertz CT molecular complexity index is 3360. The van der Waals surface area contributed by atoms with E-state index in [1.807, 2.05) is 54.6 Å². The predicted octanol–water partition coefficient (Wildman–Crippen LogP) is 14.3. The molecule has 1 aromatic heterocycles. The number of hydrogen-bond donors (Lipinski definition) is 0. The Labute approximate surface area is 351 Å². The van der Waals surface area contributed by atoms with Gasteiger partial charge in [0.2, 0.25) is 0 Å². The highest BCUT2D eigenvalue weighted by molar-refractivity contribution is 6.05. The predicted molar refractivity (Wildman–Crippen MR) is 244 cm³/mol. The number of fused-ring (bicyclic) bond motifs is 4. The minimum absolute atomic E-state index is 0.0459. The zero-order chi connectivity index (χ0) is 43.5. The minimum Gasteiger partial charge on any atom is -0.228 e. The van der Waals surface area contributed by atoms with Gasteiger partial charge < -0.3 is 0 Å². The summed E-state index contributed by atoms with van der Waals surface area (Å²) in [6, 6.07) is 67.9. The van der Waals surface area contributed by atoms with Gasteiger partial charge in [-0.25, -0.2) is 9.97 Å². The summed E-state index contributed by atoms with van der Waals surface area (Å²) in [7, 11) is 0. The van der Waals surface area contributed by atoms with Crippen molar-refractivity contribution >= 4 is 10.8 Å². The minimum atomic E-state index is -0.545. The van der Waals surface area contributed by atoms with Gasteiger partial charge in [0.25, 0.3) is 0 Å². The molecule has 0 fully saturated rings. The number of rotatable bonds is 7. The zero-order valence-corrected chi connectivity index (χ0v) is 31.9. The van der Waals surface area contributed by atoms with Gasteiger partial charge in [0.15, 0.2) is 5.82 Å². The highest BCUT2D eigenvalue weighted by atomic mass is 14.9. The first kappa shape index (κ1) is 29.5. The second kappa shape index (κ2) is 14.4. The fraction of sp³-hybridized carbons (Fsp3) is 0.0175. The maximum absolute atomic E-state index is 8.88. The molecule has 0 saturated heterocycles. The third-order valence-corrected chi connectivity index (χ3v) is 11.7. The van der Waals surface area contributed by atoms with Crippen LogP contribution in [0.25, 0.3) is 78.1 Å². The largest absolute Gasteiger partial charge is 0.228 e. The van der Waals surface area contributed by atoms with Crippen molar-refractivity contribution in [2.45, 2.75) is 5.41 Å². The van der Waals surface area contributed by atoms with Crippen molar-refractivity contribution in [3.8, 4) is 67.3 Å². The van der Waals surface area contributed by atoms with Gasteiger partial charge in [0, 0.05) is 16.7 Å². The average molecular weight is 756 g/mol. The molecule has 0 bridgehead atoms. The van der Waals surface area contributed by atoms with Crippen molar-refractivity contribution < 1.29 is 6.85 Å². The van der Waals surface area contributed by atoms with E-state index in [9.17, 15) is 0 Å². The third kappa shape index (κ3) is 5.80. The molecule has 0 radical (unpaired) electrons. The number of benzene rings is 9. The van der Waals surface area contributed by atoms with E-state index in [-0.39, 0.29) is 23.5 Å². The molecular formula is C57H38N2. The summed E-state index contributed by atoms with van der Waals surface area (Å²) in [5.74, 6) is 0.0566. The molecule has 0 unspecified atom stereocenters. The molecule has 0 atom stereocenters. The van der Waals surface area contributed by atoms with Gasteiger partial charge in [-0.1, -0.05) is 218 Å². The van der Waals surface area contributed by atoms with Crippen LogP contribution in [0.2, 0.25) is 0 Å². The molecule has 0 amide bonds. The molecule has 9 aromatic carbocycles. The fourth-order valence-corrected chi connectivity index (χ4v) is 9.06. The lowest BCUT2D eigenvalue weighted by Crippen LogP contribution is -2.28. The van der Waals surface area contributed by atoms with Gasteiger partial charge in [0.1, 0.15) is 0 Å². The van der Waals surface area contributed by atoms with Crippen LogP contribution in [0.4, 0.5) is 0 Å². The highest BCUT2D eigenvalue weighted by Gasteiger charge is 2.46. The summed E-state index contributed by atoms with van der Waals surface area (Å²) >= 11 is 0. The van der Waals surface area contributed by atoms with Crippen LogP contribution >= 0.6 is 0 Å². The van der Waals surface area contributed by atoms with E-state index in [2.05, 4.69) is 146 Å². The molecule has 1 aliphatic carbocycles. The maximum Gasteiger partial charge on any atom is 0.160 e. The van der Waals surface area contributed by atoms with Crippen LogP contribution in [-0.4, -0.2) is 9.97 Å². The van der Waals surface area contributed by atoms with Crippen molar-refractivity contribution in [1.82, 2.24) is 9.97 Å². The first-order valence-electron chi connectivity index (χ1n) is 22.3. The van der Waals surface area contributed by atoms with Crippen molar-refractivity contribution in [1.29, 1.82) is 0 Å². The Hall–Kier alpha value is -7.68. The van der Waals surface area contributed by atoms with Crippen LogP contribution < -0.4 is 0 Å². The van der Waals surface area contributed by atoms with Crippen molar-refractivity contribution in [2.24, 2.45) is 0 Å². The van der Waals surface area contributed by atoms with E-state index >= 15 is 0 Å². The smallest absolute Gasteiger partial charge is 0.160 e. The van der Waals surface area contributed by atoms with Crippen LogP contribution in [0.3, 0.4) is 0 Å². The zero-order valence-electron chi connectivity index (χ0n) is 36.9. The Morgan fingerprint density at radius 2 is 0.847 bits per heavy atom. The maximum atomic E-state index is 8.88. The molecule has 276 valence electrons. The van der Waals surface area contributed by atoms with E-state index < -0.39 is 23.5 Å². The monoisotopic (exact) mass is 755 g/mol. The summed E-state index contributed by atoms with van der Waals surface area (Å²) in [4.78, 5) is 9.94. The number of aromatic nitrogens is 2. The molecule has 0 aliphatic heterocycles. The van der Waals surface area contributed by atoms with E-state index in [0.29, 0.717) is 11.4 Å². The Morgan fingerprint density at radius 3 is 1.56 bits per heavy atom. The molecule has 59 heavy (non-hydrogen) atoms. The van der Waals surface area contributed by atoms with Gasteiger partial charge in [-0.2, -0.15) is 0 Å². The van der Waals surface area contributed by atoms with E-state index in [1.165, 1.54) is 33.4 Å². The quantitative estimate of drug-likeness (QED) is 0.162. The molecular weight excluding hydrogens is 713 g/mol. The van der Waals surface area contributed by atoms with Crippen LogP contribution in [0.1, 0.15) is 29.1 Å². The second-order valence-electron chi connectivity index (χ2n) is 14.9. The molecule has 2 heteroatoms. The lowest BCUT2D eigenvalue weighted by molar-refractivity contribution is 0.769. The Balaban J connectivity index is 1.11. The second-order valence-corrected chi connectivity index (χ2v) is 14.9. The fourth-order valence-electron chi connectivity index (χ4n) is 9.06. The van der Waals surface area contributed by atoms with Gasteiger partial charge in [0.05, 0.1) is 23.7 Å². The summed E-state index contributed by atoms with van der Waals surface area (Å²) < 4.78 is 43.0. The average Bonchev–Trinajstić information content (AvgIpc) is 3.66. The molecule has 10 aromatic rings. The lowest BCUT2D eigenvalue weighted by atomic mass is 9.67. The van der Waals surface area contributed by atoms with Crippen LogP contribution in [-0.2, 0) is 5.41 Å². The molecule has 0 saturated carbocycles. The molecule has 11 rings (SSSR count). The molecule has 2 nitrogen and oxygen atoms in total. The highest BCUT2D eigenvalue weighted by Crippen LogP contribution is 2.57. The van der Waals surface area contributed by atoms with Crippen LogP contribution in [0.5, 0.6) is 0 Å². The standard InChI is InChI=1S/C57H38N2/c1-5-17-39(18-6-1)40-29-31-41(32-30-40)54-38-55(59-56(58-54)42-19-7-2-8-20-42)51-36-35-46(47-25-13-14-26-48(47)51)43-33-34-50-49-27-15-16-28-52(49)57(53(50)37-43,44-21-9-3-10-22-44)45-23-11-4-12-24-45/h1-38H/i2D,7D,8D,19D,20D. The lowest BCUT2D eigenvalue weighted by Gasteiger charge is -2.34. The molecule has 1 heterocycles. The van der Waals surface area contributed by atoms with Gasteiger partial charge in [-0.05, 0) is 78.5 Å². The van der Waals surface area contributed by atoms with E-state index in [4.69, 9.17) is 16.8 Å². The summed E-state index contributed by atoms with van der Waals surface area (Å²) in [5, 5.41) is 1.98. The number of nitrogens with zero attached hydrogens (tertiary/aromatic N) is 2.